The second-order valence-electron chi connectivity index (χ2n) is 1.03. The summed E-state index contributed by atoms with van der Waals surface area (Å²) in [6.07, 6.45) is 0. The third kappa shape index (κ3) is 110. The monoisotopic (exact) mass is 155 g/mol. The summed E-state index contributed by atoms with van der Waals surface area (Å²) in [5.41, 5.74) is 0. The Hall–Kier alpha value is -0.185. The Labute approximate surface area is 61.1 Å². The van der Waals surface area contributed by atoms with Crippen molar-refractivity contribution >= 4 is 8.41 Å². The molecule has 0 heterocycles. The van der Waals surface area contributed by atoms with E-state index in [9.17, 15) is 13.2 Å². The molecule has 0 unspecified atom stereocenters. The molecule has 0 aliphatic heterocycles. The molecule has 0 aliphatic carbocycles. The first kappa shape index (κ1) is 16.4. The van der Waals surface area contributed by atoms with Crippen LogP contribution in [0.25, 0.3) is 0 Å². The van der Waals surface area contributed by atoms with Crippen LogP contribution in [0, 0.1) is 0 Å². The molecule has 0 spiro atoms. The van der Waals surface area contributed by atoms with Crippen LogP contribution in [0.4, 0.5) is 13.2 Å². The zero-order chi connectivity index (χ0) is 7.70. The number of rotatable bonds is 2. The van der Waals surface area contributed by atoms with Crippen molar-refractivity contribution in [2.75, 3.05) is 13.2 Å². The lowest BCUT2D eigenvalue weighted by atomic mass is 10.8. The molecule has 0 fully saturated rings. The molecule has 0 aliphatic rings. The van der Waals surface area contributed by atoms with Crippen LogP contribution < -0.4 is 0 Å². The Morgan fingerprint density at radius 3 is 1.30 bits per heavy atom. The molecular formula is C5H11BF3O. The standard InChI is InChI=1S/C4H10O.CHF3.B/c1-3-5-4-2;2-1(3)4;/h3-4H2,1-2H3;1H;. The van der Waals surface area contributed by atoms with Crippen LogP contribution in [-0.2, 0) is 4.74 Å². The SMILES string of the molecule is CCOCC.FC(F)F.[B]. The summed E-state index contributed by atoms with van der Waals surface area (Å²) < 4.78 is 33.8. The molecule has 0 aromatic rings. The van der Waals surface area contributed by atoms with Crippen molar-refractivity contribution in [1.82, 2.24) is 0 Å². The van der Waals surface area contributed by atoms with Gasteiger partial charge in [0.05, 0.1) is 0 Å². The topological polar surface area (TPSA) is 9.23 Å². The molecule has 10 heavy (non-hydrogen) atoms. The highest BCUT2D eigenvalue weighted by atomic mass is 19.4. The molecule has 0 atom stereocenters. The van der Waals surface area contributed by atoms with Crippen LogP contribution >= 0.6 is 0 Å². The van der Waals surface area contributed by atoms with Crippen LogP contribution in [0.3, 0.4) is 0 Å². The number of hydrogen-bond donors (Lipinski definition) is 0. The molecule has 0 bridgehead atoms. The number of halogens is 3. The van der Waals surface area contributed by atoms with Gasteiger partial charge < -0.3 is 4.74 Å². The van der Waals surface area contributed by atoms with Crippen molar-refractivity contribution in [2.24, 2.45) is 0 Å². The maximum atomic E-state index is 9.67. The van der Waals surface area contributed by atoms with Crippen molar-refractivity contribution in [3.8, 4) is 0 Å². The van der Waals surface area contributed by atoms with E-state index in [4.69, 9.17) is 4.74 Å². The minimum atomic E-state index is -3.67. The molecule has 5 heteroatoms. The molecule has 0 N–H and O–H groups in total. The molecule has 3 radical (unpaired) electrons. The molecule has 1 nitrogen and oxygen atoms in total. The highest BCUT2D eigenvalue weighted by molar-refractivity contribution is 5.75. The summed E-state index contributed by atoms with van der Waals surface area (Å²) in [6.45, 7) is 2.00. The van der Waals surface area contributed by atoms with Crippen molar-refractivity contribution < 1.29 is 17.9 Å². The maximum absolute atomic E-state index is 9.67. The van der Waals surface area contributed by atoms with Gasteiger partial charge in [-0.3, -0.25) is 0 Å². The third-order valence-corrected chi connectivity index (χ3v) is 0.408. The lowest BCUT2D eigenvalue weighted by Gasteiger charge is -1.86. The number of alkyl halides is 3. The summed E-state index contributed by atoms with van der Waals surface area (Å²) in [5, 5.41) is 0. The molecular weight excluding hydrogens is 144 g/mol. The first-order chi connectivity index (χ1) is 4.15. The van der Waals surface area contributed by atoms with E-state index < -0.39 is 6.68 Å². The van der Waals surface area contributed by atoms with Gasteiger partial charge in [-0.2, -0.15) is 13.2 Å². The fraction of sp³-hybridized carbons (Fsp3) is 1.00. The Balaban J connectivity index is -0.0000000910. The lowest BCUT2D eigenvalue weighted by Crippen LogP contribution is -1.84. The highest BCUT2D eigenvalue weighted by Gasteiger charge is 1.86. The third-order valence-electron chi connectivity index (χ3n) is 0.408. The number of ether oxygens (including phenoxy) is 1. The van der Waals surface area contributed by atoms with Crippen LogP contribution in [0.15, 0.2) is 0 Å². The smallest absolute Gasteiger partial charge is 0.379 e. The molecule has 0 amide bonds. The maximum Gasteiger partial charge on any atom is 0.379 e. The van der Waals surface area contributed by atoms with Crippen LogP contribution in [0.1, 0.15) is 13.8 Å². The van der Waals surface area contributed by atoms with E-state index in [1.807, 2.05) is 13.8 Å². The second kappa shape index (κ2) is 15.9. The quantitative estimate of drug-likeness (QED) is 0.552. The van der Waals surface area contributed by atoms with Gasteiger partial charge in [-0.25, -0.2) is 0 Å². The zero-order valence-electron chi connectivity index (χ0n) is 6.11. The summed E-state index contributed by atoms with van der Waals surface area (Å²) in [5.74, 6) is 0. The average molecular weight is 155 g/mol. The van der Waals surface area contributed by atoms with Gasteiger partial charge in [0.15, 0.2) is 0 Å². The van der Waals surface area contributed by atoms with E-state index in [0.29, 0.717) is 0 Å². The van der Waals surface area contributed by atoms with Crippen molar-refractivity contribution in [2.45, 2.75) is 20.5 Å². The van der Waals surface area contributed by atoms with Gasteiger partial charge in [0.2, 0.25) is 0 Å². The van der Waals surface area contributed by atoms with Crippen LogP contribution in [0.5, 0.6) is 0 Å². The minimum absolute atomic E-state index is 0. The summed E-state index contributed by atoms with van der Waals surface area (Å²) >= 11 is 0. The van der Waals surface area contributed by atoms with Gasteiger partial charge in [0.1, 0.15) is 0 Å². The van der Waals surface area contributed by atoms with Gasteiger partial charge in [-0.15, -0.1) is 0 Å². The largest absolute Gasteiger partial charge is 0.382 e. The summed E-state index contributed by atoms with van der Waals surface area (Å²) in [6, 6.07) is 0. The van der Waals surface area contributed by atoms with E-state index in [2.05, 4.69) is 0 Å². The van der Waals surface area contributed by atoms with Crippen molar-refractivity contribution in [1.29, 1.82) is 0 Å². The van der Waals surface area contributed by atoms with Gasteiger partial charge >= 0.3 is 6.68 Å². The van der Waals surface area contributed by atoms with E-state index in [1.165, 1.54) is 0 Å². The van der Waals surface area contributed by atoms with Gasteiger partial charge in [-0.05, 0) is 13.8 Å². The van der Waals surface area contributed by atoms with Crippen molar-refractivity contribution in [3.63, 3.8) is 0 Å². The van der Waals surface area contributed by atoms with E-state index in [0.717, 1.165) is 13.2 Å². The Kier molecular flexibility index (Phi) is 26.1. The first-order valence-corrected chi connectivity index (χ1v) is 2.65. The molecule has 0 rings (SSSR count). The summed E-state index contributed by atoms with van der Waals surface area (Å²) in [4.78, 5) is 0. The predicted molar refractivity (Wildman–Crippen MR) is 35.0 cm³/mol. The molecule has 0 saturated carbocycles. The molecule has 0 aromatic carbocycles. The highest BCUT2D eigenvalue weighted by Crippen LogP contribution is 1.87. The Bertz CT molecular complexity index is 41.1. The number of hydrogen-bond acceptors (Lipinski definition) is 1. The average Bonchev–Trinajstić information content (AvgIpc) is 1.66. The first-order valence-electron chi connectivity index (χ1n) is 2.65. The van der Waals surface area contributed by atoms with Crippen LogP contribution in [-0.4, -0.2) is 28.3 Å². The van der Waals surface area contributed by atoms with E-state index >= 15 is 0 Å². The molecule has 0 saturated heterocycles. The minimum Gasteiger partial charge on any atom is -0.382 e. The Morgan fingerprint density at radius 2 is 1.30 bits per heavy atom. The van der Waals surface area contributed by atoms with Crippen molar-refractivity contribution in [3.05, 3.63) is 0 Å². The summed E-state index contributed by atoms with van der Waals surface area (Å²) in [7, 11) is 0. The fourth-order valence-corrected chi connectivity index (χ4v) is 0.204. The second-order valence-corrected chi connectivity index (χ2v) is 1.03. The zero-order valence-corrected chi connectivity index (χ0v) is 6.11. The van der Waals surface area contributed by atoms with Gasteiger partial charge in [-0.1, -0.05) is 0 Å². The van der Waals surface area contributed by atoms with E-state index in [-0.39, 0.29) is 8.41 Å². The van der Waals surface area contributed by atoms with E-state index in [1.54, 1.807) is 0 Å². The molecule has 61 valence electrons. The van der Waals surface area contributed by atoms with Gasteiger partial charge in [0, 0.05) is 21.6 Å². The lowest BCUT2D eigenvalue weighted by molar-refractivity contribution is 0.00819. The fourth-order valence-electron chi connectivity index (χ4n) is 0.204. The Morgan fingerprint density at radius 1 is 1.10 bits per heavy atom. The predicted octanol–water partition coefficient (Wildman–Crippen LogP) is 1.84. The van der Waals surface area contributed by atoms with Crippen LogP contribution in [0.2, 0.25) is 0 Å². The normalized spacial score (nSPS) is 7.80. The molecule has 0 aromatic heterocycles. The van der Waals surface area contributed by atoms with Gasteiger partial charge in [0.25, 0.3) is 0 Å².